The van der Waals surface area contributed by atoms with Crippen LogP contribution in [0.15, 0.2) is 18.3 Å². The Hall–Kier alpha value is -1.79. The molecular formula is C15H20F3N3O. The third-order valence-electron chi connectivity index (χ3n) is 3.66. The number of carbonyl (C=O) groups excluding carboxylic acids is 1. The van der Waals surface area contributed by atoms with Crippen LogP contribution in [0.2, 0.25) is 0 Å². The quantitative estimate of drug-likeness (QED) is 0.929. The summed E-state index contributed by atoms with van der Waals surface area (Å²) in [4.78, 5) is 17.5. The highest BCUT2D eigenvalue weighted by atomic mass is 19.4. The maximum Gasteiger partial charge on any atom is 0.417 e. The molecule has 1 aliphatic heterocycles. The van der Waals surface area contributed by atoms with Crippen LogP contribution in [0, 0.1) is 0 Å². The van der Waals surface area contributed by atoms with Gasteiger partial charge in [0, 0.05) is 31.7 Å². The van der Waals surface area contributed by atoms with Gasteiger partial charge in [0.2, 0.25) is 5.91 Å². The molecule has 1 saturated heterocycles. The van der Waals surface area contributed by atoms with Gasteiger partial charge in [0.15, 0.2) is 0 Å². The minimum absolute atomic E-state index is 0.0229. The van der Waals surface area contributed by atoms with Crippen molar-refractivity contribution in [1.82, 2.24) is 10.3 Å². The molecule has 2 rings (SSSR count). The number of pyridine rings is 1. The zero-order chi connectivity index (χ0) is 16.2. The van der Waals surface area contributed by atoms with Gasteiger partial charge in [-0.3, -0.25) is 4.79 Å². The molecule has 1 atom stereocenters. The van der Waals surface area contributed by atoms with Crippen LogP contribution in [0.25, 0.3) is 0 Å². The van der Waals surface area contributed by atoms with Crippen molar-refractivity contribution in [2.24, 2.45) is 0 Å². The zero-order valence-corrected chi connectivity index (χ0v) is 12.5. The molecule has 1 aliphatic rings. The second kappa shape index (κ2) is 6.98. The van der Waals surface area contributed by atoms with Crippen molar-refractivity contribution in [3.63, 3.8) is 0 Å². The maximum absolute atomic E-state index is 12.5. The van der Waals surface area contributed by atoms with Crippen molar-refractivity contribution < 1.29 is 18.0 Å². The molecule has 1 N–H and O–H groups in total. The number of hydrogen-bond acceptors (Lipinski definition) is 3. The number of rotatable bonds is 4. The van der Waals surface area contributed by atoms with Crippen LogP contribution >= 0.6 is 0 Å². The number of piperidine rings is 1. The number of aromatic nitrogens is 1. The van der Waals surface area contributed by atoms with Gasteiger partial charge in [-0.2, -0.15) is 13.2 Å². The van der Waals surface area contributed by atoms with Gasteiger partial charge in [0.05, 0.1) is 5.56 Å². The Morgan fingerprint density at radius 1 is 1.45 bits per heavy atom. The molecule has 1 aromatic rings. The number of anilines is 1. The van der Waals surface area contributed by atoms with Crippen LogP contribution in [0.3, 0.4) is 0 Å². The van der Waals surface area contributed by atoms with Crippen molar-refractivity contribution in [2.45, 2.75) is 44.8 Å². The van der Waals surface area contributed by atoms with Crippen LogP contribution < -0.4 is 10.2 Å². The maximum atomic E-state index is 12.5. The molecule has 1 aromatic heterocycles. The molecule has 4 nitrogen and oxygen atoms in total. The first-order valence-corrected chi connectivity index (χ1v) is 7.47. The monoisotopic (exact) mass is 315 g/mol. The van der Waals surface area contributed by atoms with Gasteiger partial charge in [-0.25, -0.2) is 4.98 Å². The van der Waals surface area contributed by atoms with E-state index in [1.54, 1.807) is 0 Å². The predicted molar refractivity (Wildman–Crippen MR) is 77.5 cm³/mol. The summed E-state index contributed by atoms with van der Waals surface area (Å²) in [5.41, 5.74) is -0.749. The highest BCUT2D eigenvalue weighted by Gasteiger charge is 2.31. The smallest absolute Gasteiger partial charge is 0.355 e. The summed E-state index contributed by atoms with van der Waals surface area (Å²) >= 11 is 0. The van der Waals surface area contributed by atoms with Gasteiger partial charge in [-0.15, -0.1) is 0 Å². The first-order valence-electron chi connectivity index (χ1n) is 7.47. The first kappa shape index (κ1) is 16.6. The lowest BCUT2D eigenvalue weighted by molar-refractivity contribution is -0.137. The van der Waals surface area contributed by atoms with E-state index in [0.29, 0.717) is 18.8 Å². The number of halogens is 3. The van der Waals surface area contributed by atoms with Crippen LogP contribution in [-0.2, 0) is 11.0 Å². The molecule has 0 spiro atoms. The van der Waals surface area contributed by atoms with Gasteiger partial charge in [0.25, 0.3) is 0 Å². The molecule has 0 aromatic carbocycles. The van der Waals surface area contributed by atoms with Crippen molar-refractivity contribution in [3.05, 3.63) is 23.9 Å². The molecule has 0 saturated carbocycles. The second-order valence-corrected chi connectivity index (χ2v) is 5.51. The van der Waals surface area contributed by atoms with Crippen molar-refractivity contribution in [2.75, 3.05) is 18.0 Å². The standard InChI is InChI=1S/C15H20F3N3O/c1-2-4-14(22)20-12-5-3-8-21(10-12)13-7-6-11(9-19-13)15(16,17)18/h6-7,9,12H,2-5,8,10H2,1H3,(H,20,22). The molecule has 7 heteroatoms. The lowest BCUT2D eigenvalue weighted by Crippen LogP contribution is -2.48. The number of amides is 1. The van der Waals surface area contributed by atoms with Gasteiger partial charge < -0.3 is 10.2 Å². The molecule has 122 valence electrons. The lowest BCUT2D eigenvalue weighted by atomic mass is 10.1. The topological polar surface area (TPSA) is 45.2 Å². The van der Waals surface area contributed by atoms with E-state index in [-0.39, 0.29) is 11.9 Å². The highest BCUT2D eigenvalue weighted by molar-refractivity contribution is 5.76. The molecule has 1 amide bonds. The van der Waals surface area contributed by atoms with E-state index in [0.717, 1.165) is 38.1 Å². The summed E-state index contributed by atoms with van der Waals surface area (Å²) in [5, 5.41) is 2.97. The largest absolute Gasteiger partial charge is 0.417 e. The summed E-state index contributed by atoms with van der Waals surface area (Å²) < 4.78 is 37.6. The van der Waals surface area contributed by atoms with Crippen LogP contribution in [-0.4, -0.2) is 30.0 Å². The van der Waals surface area contributed by atoms with Crippen molar-refractivity contribution >= 4 is 11.7 Å². The van der Waals surface area contributed by atoms with Gasteiger partial charge >= 0.3 is 6.18 Å². The summed E-state index contributed by atoms with van der Waals surface area (Å²) in [5.74, 6) is 0.539. The predicted octanol–water partition coefficient (Wildman–Crippen LogP) is 2.99. The number of nitrogens with one attached hydrogen (secondary N) is 1. The van der Waals surface area contributed by atoms with Crippen molar-refractivity contribution in [3.8, 4) is 0 Å². The lowest BCUT2D eigenvalue weighted by Gasteiger charge is -2.34. The molecule has 22 heavy (non-hydrogen) atoms. The van der Waals surface area contributed by atoms with E-state index in [2.05, 4.69) is 10.3 Å². The normalized spacial score (nSPS) is 19.1. The molecule has 0 aliphatic carbocycles. The number of hydrogen-bond donors (Lipinski definition) is 1. The molecule has 0 bridgehead atoms. The number of carbonyl (C=O) groups is 1. The molecule has 0 radical (unpaired) electrons. The van der Waals surface area contributed by atoms with E-state index in [9.17, 15) is 18.0 Å². The Balaban J connectivity index is 1.98. The summed E-state index contributed by atoms with van der Waals surface area (Å²) in [6.07, 6.45) is -0.469. The third kappa shape index (κ3) is 4.35. The van der Waals surface area contributed by atoms with E-state index < -0.39 is 11.7 Å². The van der Waals surface area contributed by atoms with E-state index in [1.807, 2.05) is 11.8 Å². The highest BCUT2D eigenvalue weighted by Crippen LogP contribution is 2.29. The Labute approximate surface area is 127 Å². The van der Waals surface area contributed by atoms with E-state index in [1.165, 1.54) is 6.07 Å². The first-order chi connectivity index (χ1) is 10.4. The minimum Gasteiger partial charge on any atom is -0.355 e. The summed E-state index contributed by atoms with van der Waals surface area (Å²) in [6.45, 7) is 3.26. The molecule has 1 unspecified atom stereocenters. The van der Waals surface area contributed by atoms with Crippen LogP contribution in [0.5, 0.6) is 0 Å². The summed E-state index contributed by atoms with van der Waals surface area (Å²) in [6, 6.07) is 2.46. The van der Waals surface area contributed by atoms with E-state index >= 15 is 0 Å². The minimum atomic E-state index is -4.37. The van der Waals surface area contributed by atoms with Gasteiger partial charge in [0.1, 0.15) is 5.82 Å². The Bertz CT molecular complexity index is 502. The SMILES string of the molecule is CCCC(=O)NC1CCCN(c2ccc(C(F)(F)F)cn2)C1. The second-order valence-electron chi connectivity index (χ2n) is 5.51. The average Bonchev–Trinajstić information content (AvgIpc) is 2.47. The van der Waals surface area contributed by atoms with Crippen molar-refractivity contribution in [1.29, 1.82) is 0 Å². The molecular weight excluding hydrogens is 295 g/mol. The Morgan fingerprint density at radius 2 is 2.23 bits per heavy atom. The average molecular weight is 315 g/mol. The zero-order valence-electron chi connectivity index (χ0n) is 12.5. The van der Waals surface area contributed by atoms with E-state index in [4.69, 9.17) is 0 Å². The summed E-state index contributed by atoms with van der Waals surface area (Å²) in [7, 11) is 0. The fourth-order valence-electron chi connectivity index (χ4n) is 2.57. The number of nitrogens with zero attached hydrogens (tertiary/aromatic N) is 2. The fourth-order valence-corrected chi connectivity index (χ4v) is 2.57. The Morgan fingerprint density at radius 3 is 2.82 bits per heavy atom. The van der Waals surface area contributed by atoms with Crippen LogP contribution in [0.4, 0.5) is 19.0 Å². The number of alkyl halides is 3. The fraction of sp³-hybridized carbons (Fsp3) is 0.600. The Kier molecular flexibility index (Phi) is 5.26. The third-order valence-corrected chi connectivity index (χ3v) is 3.66. The van der Waals surface area contributed by atoms with Gasteiger partial charge in [-0.05, 0) is 31.4 Å². The molecule has 2 heterocycles. The molecule has 1 fully saturated rings. The van der Waals surface area contributed by atoms with Crippen LogP contribution in [0.1, 0.15) is 38.2 Å². The van der Waals surface area contributed by atoms with Gasteiger partial charge in [-0.1, -0.05) is 6.92 Å².